The van der Waals surface area contributed by atoms with Crippen molar-refractivity contribution in [3.63, 3.8) is 0 Å². The molecule has 0 aromatic heterocycles. The molecule has 1 saturated heterocycles. The molecule has 1 aliphatic rings. The third kappa shape index (κ3) is 6.18. The Morgan fingerprint density at radius 2 is 1.86 bits per heavy atom. The fourth-order valence-corrected chi connectivity index (χ4v) is 3.26. The summed E-state index contributed by atoms with van der Waals surface area (Å²) < 4.78 is 0. The minimum atomic E-state index is -1.09. The van der Waals surface area contributed by atoms with Crippen molar-refractivity contribution in [2.45, 2.75) is 50.2 Å². The van der Waals surface area contributed by atoms with Gasteiger partial charge in [0.05, 0.1) is 6.04 Å². The molecule has 0 aliphatic carbocycles. The molecule has 10 heteroatoms. The Morgan fingerprint density at radius 3 is 2.45 bits per heavy atom. The number of nitrogens with zero attached hydrogens (tertiary/aromatic N) is 1. The van der Waals surface area contributed by atoms with Crippen molar-refractivity contribution in [2.75, 3.05) is 6.54 Å². The molecule has 3 unspecified atom stereocenters. The van der Waals surface area contributed by atoms with E-state index < -0.39 is 41.8 Å². The second-order valence-electron chi connectivity index (χ2n) is 7.07. The SMILES string of the molecule is NC(=O)CCC(N)C(=O)NC(Cc1ccc(O)cc1)C(=O)N1CCCC1C(=O)O. The van der Waals surface area contributed by atoms with Crippen molar-refractivity contribution in [3.05, 3.63) is 29.8 Å². The lowest BCUT2D eigenvalue weighted by Crippen LogP contribution is -2.55. The van der Waals surface area contributed by atoms with Gasteiger partial charge in [0, 0.05) is 19.4 Å². The van der Waals surface area contributed by atoms with Crippen LogP contribution in [0.4, 0.5) is 0 Å². The maximum atomic E-state index is 13.0. The van der Waals surface area contributed by atoms with Gasteiger partial charge in [0.25, 0.3) is 0 Å². The van der Waals surface area contributed by atoms with Crippen LogP contribution in [0.15, 0.2) is 24.3 Å². The first-order valence-electron chi connectivity index (χ1n) is 9.34. The molecule has 158 valence electrons. The smallest absolute Gasteiger partial charge is 0.326 e. The summed E-state index contributed by atoms with van der Waals surface area (Å²) in [6.45, 7) is 0.283. The van der Waals surface area contributed by atoms with E-state index in [9.17, 15) is 29.4 Å². The van der Waals surface area contributed by atoms with Crippen molar-refractivity contribution in [2.24, 2.45) is 11.5 Å². The molecule has 1 aliphatic heterocycles. The fourth-order valence-electron chi connectivity index (χ4n) is 3.26. The molecule has 29 heavy (non-hydrogen) atoms. The maximum absolute atomic E-state index is 13.0. The fraction of sp³-hybridized carbons (Fsp3) is 0.474. The molecule has 1 aromatic carbocycles. The Balaban J connectivity index is 2.17. The van der Waals surface area contributed by atoms with Gasteiger partial charge < -0.3 is 31.9 Å². The molecular weight excluding hydrogens is 380 g/mol. The number of nitrogens with one attached hydrogen (secondary N) is 1. The van der Waals surface area contributed by atoms with Crippen LogP contribution in [0.1, 0.15) is 31.2 Å². The topological polar surface area (TPSA) is 176 Å². The zero-order chi connectivity index (χ0) is 21.6. The average molecular weight is 406 g/mol. The molecule has 1 aromatic rings. The van der Waals surface area contributed by atoms with Gasteiger partial charge in [0.15, 0.2) is 0 Å². The first kappa shape index (κ1) is 22.2. The molecule has 1 heterocycles. The van der Waals surface area contributed by atoms with Crippen LogP contribution in [-0.2, 0) is 25.6 Å². The Bertz CT molecular complexity index is 766. The number of carbonyl (C=O) groups excluding carboxylic acids is 3. The number of likely N-dealkylation sites (tertiary alicyclic amines) is 1. The Morgan fingerprint density at radius 1 is 1.21 bits per heavy atom. The molecule has 0 spiro atoms. The Hall–Kier alpha value is -3.14. The maximum Gasteiger partial charge on any atom is 0.326 e. The zero-order valence-electron chi connectivity index (χ0n) is 15.9. The summed E-state index contributed by atoms with van der Waals surface area (Å²) in [6.07, 6.45) is 0.955. The van der Waals surface area contributed by atoms with E-state index in [1.165, 1.54) is 17.0 Å². The first-order valence-corrected chi connectivity index (χ1v) is 9.34. The van der Waals surface area contributed by atoms with E-state index in [2.05, 4.69) is 5.32 Å². The van der Waals surface area contributed by atoms with Crippen LogP contribution in [0, 0.1) is 0 Å². The minimum absolute atomic E-state index is 0.0305. The molecule has 0 bridgehead atoms. The zero-order valence-corrected chi connectivity index (χ0v) is 15.9. The van der Waals surface area contributed by atoms with Gasteiger partial charge >= 0.3 is 5.97 Å². The number of hydrogen-bond acceptors (Lipinski definition) is 6. The lowest BCUT2D eigenvalue weighted by atomic mass is 10.0. The number of carboxylic acid groups (broad SMARTS) is 1. The van der Waals surface area contributed by atoms with Gasteiger partial charge in [-0.15, -0.1) is 0 Å². The van der Waals surface area contributed by atoms with Crippen molar-refractivity contribution < 1.29 is 29.4 Å². The van der Waals surface area contributed by atoms with Crippen LogP contribution < -0.4 is 16.8 Å². The third-order valence-electron chi connectivity index (χ3n) is 4.85. The second kappa shape index (κ2) is 9.87. The molecule has 0 radical (unpaired) electrons. The summed E-state index contributed by atoms with van der Waals surface area (Å²) in [5.74, 6) is -2.78. The molecule has 3 atom stereocenters. The Labute approximate surface area is 167 Å². The monoisotopic (exact) mass is 406 g/mol. The number of amides is 3. The predicted octanol–water partition coefficient (Wildman–Crippen LogP) is -0.912. The highest BCUT2D eigenvalue weighted by Gasteiger charge is 2.38. The van der Waals surface area contributed by atoms with Crippen molar-refractivity contribution in [3.8, 4) is 5.75 Å². The summed E-state index contributed by atoms with van der Waals surface area (Å²) >= 11 is 0. The Kier molecular flexibility index (Phi) is 7.54. The number of carbonyl (C=O) groups is 4. The molecule has 1 fully saturated rings. The summed E-state index contributed by atoms with van der Waals surface area (Å²) in [6, 6.07) is 3.10. The van der Waals surface area contributed by atoms with E-state index in [0.717, 1.165) is 0 Å². The van der Waals surface area contributed by atoms with Crippen LogP contribution in [0.2, 0.25) is 0 Å². The van der Waals surface area contributed by atoms with E-state index in [1.807, 2.05) is 0 Å². The van der Waals surface area contributed by atoms with Crippen molar-refractivity contribution in [1.82, 2.24) is 10.2 Å². The molecule has 3 amide bonds. The summed E-state index contributed by atoms with van der Waals surface area (Å²) in [5.41, 5.74) is 11.5. The van der Waals surface area contributed by atoms with Gasteiger partial charge in [-0.25, -0.2) is 4.79 Å². The average Bonchev–Trinajstić information content (AvgIpc) is 3.16. The number of carboxylic acids is 1. The van der Waals surface area contributed by atoms with Crippen LogP contribution in [0.5, 0.6) is 5.75 Å². The molecule has 7 N–H and O–H groups in total. The number of hydrogen-bond donors (Lipinski definition) is 5. The standard InChI is InChI=1S/C19H26N4O6/c20-13(7-8-16(21)25)17(26)22-14(10-11-3-5-12(24)6-4-11)18(27)23-9-1-2-15(23)19(28)29/h3-6,13-15,24H,1-2,7-10,20H2,(H2,21,25)(H,22,26)(H,28,29). The summed E-state index contributed by atoms with van der Waals surface area (Å²) in [7, 11) is 0. The summed E-state index contributed by atoms with van der Waals surface area (Å²) in [4.78, 5) is 49.1. The predicted molar refractivity (Wildman–Crippen MR) is 103 cm³/mol. The van der Waals surface area contributed by atoms with Crippen LogP contribution in [0.25, 0.3) is 0 Å². The number of phenols is 1. The highest BCUT2D eigenvalue weighted by atomic mass is 16.4. The number of aromatic hydroxyl groups is 1. The van der Waals surface area contributed by atoms with Crippen LogP contribution >= 0.6 is 0 Å². The highest BCUT2D eigenvalue weighted by molar-refractivity contribution is 5.92. The quantitative estimate of drug-likeness (QED) is 0.352. The van der Waals surface area contributed by atoms with E-state index in [4.69, 9.17) is 11.5 Å². The second-order valence-corrected chi connectivity index (χ2v) is 7.07. The van der Waals surface area contributed by atoms with Gasteiger partial charge in [0.1, 0.15) is 17.8 Å². The first-order chi connectivity index (χ1) is 13.7. The minimum Gasteiger partial charge on any atom is -0.508 e. The lowest BCUT2D eigenvalue weighted by molar-refractivity contribution is -0.149. The molecule has 0 saturated carbocycles. The van der Waals surface area contributed by atoms with E-state index in [1.54, 1.807) is 12.1 Å². The summed E-state index contributed by atoms with van der Waals surface area (Å²) in [5, 5.41) is 21.4. The number of aliphatic carboxylic acids is 1. The number of nitrogens with two attached hydrogens (primary N) is 2. The molecular formula is C19H26N4O6. The number of phenolic OH excluding ortho intramolecular Hbond substituents is 1. The van der Waals surface area contributed by atoms with Gasteiger partial charge in [-0.3, -0.25) is 14.4 Å². The number of rotatable bonds is 9. The molecule has 2 rings (SSSR count). The third-order valence-corrected chi connectivity index (χ3v) is 4.85. The van der Waals surface area contributed by atoms with Gasteiger partial charge in [0.2, 0.25) is 17.7 Å². The van der Waals surface area contributed by atoms with Gasteiger partial charge in [-0.1, -0.05) is 12.1 Å². The lowest BCUT2D eigenvalue weighted by Gasteiger charge is -2.28. The molecule has 10 nitrogen and oxygen atoms in total. The van der Waals surface area contributed by atoms with Crippen molar-refractivity contribution >= 4 is 23.7 Å². The van der Waals surface area contributed by atoms with Crippen LogP contribution in [-0.4, -0.2) is 63.5 Å². The number of primary amides is 1. The highest BCUT2D eigenvalue weighted by Crippen LogP contribution is 2.20. The van der Waals surface area contributed by atoms with E-state index >= 15 is 0 Å². The number of benzene rings is 1. The van der Waals surface area contributed by atoms with Crippen molar-refractivity contribution in [1.29, 1.82) is 0 Å². The van der Waals surface area contributed by atoms with Crippen LogP contribution in [0.3, 0.4) is 0 Å². The van der Waals surface area contributed by atoms with Gasteiger partial charge in [-0.2, -0.15) is 0 Å². The van der Waals surface area contributed by atoms with Gasteiger partial charge in [-0.05, 0) is 37.0 Å². The normalized spacial score (nSPS) is 18.1. The van der Waals surface area contributed by atoms with E-state index in [0.29, 0.717) is 18.4 Å². The largest absolute Gasteiger partial charge is 0.508 e. The van der Waals surface area contributed by atoms with E-state index in [-0.39, 0.29) is 31.6 Å².